The van der Waals surface area contributed by atoms with Crippen LogP contribution in [0.4, 0.5) is 10.5 Å². The van der Waals surface area contributed by atoms with E-state index in [1.54, 1.807) is 84.6 Å². The minimum absolute atomic E-state index is 0.00270. The van der Waals surface area contributed by atoms with Gasteiger partial charge in [0, 0.05) is 82.0 Å². The number of likely N-dealkylation sites (N-methyl/N-ethyl adjacent to an activating group) is 2. The highest BCUT2D eigenvalue weighted by Crippen LogP contribution is 2.32. The highest BCUT2D eigenvalue weighted by atomic mass is 32.1. The first kappa shape index (κ1) is 64.8. The summed E-state index contributed by atoms with van der Waals surface area (Å²) in [6.45, 7) is 20.2. The van der Waals surface area contributed by atoms with Crippen molar-refractivity contribution in [3.8, 4) is 5.75 Å². The highest BCUT2D eigenvalue weighted by Gasteiger charge is 2.39. The van der Waals surface area contributed by atoms with Crippen LogP contribution in [0.3, 0.4) is 0 Å². The lowest BCUT2D eigenvalue weighted by Gasteiger charge is -2.38. The number of amides is 8. The zero-order valence-electron chi connectivity index (χ0n) is 47.3. The Morgan fingerprint density at radius 1 is 0.883 bits per heavy atom. The van der Waals surface area contributed by atoms with Gasteiger partial charge >= 0.3 is 12.1 Å². The number of nitrogens with one attached hydrogen (secondary N) is 5. The number of anilines is 1. The predicted octanol–water partition coefficient (Wildman–Crippen LogP) is 4.87. The fourth-order valence-corrected chi connectivity index (χ4v) is 8.87. The predicted molar refractivity (Wildman–Crippen MR) is 290 cm³/mol. The smallest absolute Gasteiger partial charge is 0.407 e. The van der Waals surface area contributed by atoms with E-state index in [0.29, 0.717) is 17.0 Å². The van der Waals surface area contributed by atoms with E-state index >= 15 is 0 Å². The summed E-state index contributed by atoms with van der Waals surface area (Å²) in [5.74, 6) is -4.78. The maximum Gasteiger partial charge on any atom is 0.407 e. The average molecular weight is 1100 g/mol. The molecule has 77 heavy (non-hydrogen) atoms. The van der Waals surface area contributed by atoms with Gasteiger partial charge < -0.3 is 50.8 Å². The van der Waals surface area contributed by atoms with Crippen molar-refractivity contribution in [3.05, 3.63) is 52.0 Å². The quantitative estimate of drug-likeness (QED) is 0.0264. The number of rotatable bonds is 30. The Hall–Kier alpha value is -6.46. The number of ether oxygens (including phenoxy) is 3. The van der Waals surface area contributed by atoms with Gasteiger partial charge in [0.15, 0.2) is 6.10 Å². The standard InChI is InChI=1S/C54H83N9O13S/c1-15-33(4)46(60-51(72)54(10,11)61(12)13)50(71)62(14)40(32(2)3)30-42(75-35(6)64)49-59-39(31-77-49)48(70)57-37(27-34(5)47(69)55-22-25-74-26-23-56-52(73)76-53(7,8)9)28-36-18-19-41(65)38(29-36)58-43(66)17-16-24-63-44(67)20-21-45(63)68/h18-21,29,31-34,37,40,42,46,65H,15-17,22-28,30H2,1-14H3,(H,55,69)(H,56,73)(H,57,70)(H,58,66)(H,60,72)/t33-,34?,37+,40+,42+,46-/m0/s1. The Morgan fingerprint density at radius 3 is 2.10 bits per heavy atom. The van der Waals surface area contributed by atoms with Gasteiger partial charge in [0.2, 0.25) is 23.6 Å². The zero-order valence-corrected chi connectivity index (χ0v) is 48.1. The molecule has 428 valence electrons. The summed E-state index contributed by atoms with van der Waals surface area (Å²) in [6, 6.07) is 2.47. The Kier molecular flexibility index (Phi) is 25.2. The highest BCUT2D eigenvalue weighted by molar-refractivity contribution is 7.09. The van der Waals surface area contributed by atoms with Gasteiger partial charge in [0.05, 0.1) is 24.4 Å². The lowest BCUT2D eigenvalue weighted by Crippen LogP contribution is -2.60. The van der Waals surface area contributed by atoms with Crippen molar-refractivity contribution >= 4 is 70.4 Å². The third-order valence-electron chi connectivity index (χ3n) is 13.2. The van der Waals surface area contributed by atoms with E-state index in [0.717, 1.165) is 28.4 Å². The van der Waals surface area contributed by atoms with Crippen LogP contribution in [0.2, 0.25) is 0 Å². The SMILES string of the molecule is CC[C@H](C)[C@H](NC(=O)C(C)(C)N(C)C)C(=O)N(C)[C@H](C[C@@H](OC(C)=O)c1nc(C(=O)N[C@@H](Cc2ccc(O)c(NC(=O)CCCN3C(=O)C=CC3=O)c2)CC(C)C(=O)NCCOCCNC(=O)OC(C)(C)C)cs1)C(C)C. The number of nitrogens with zero attached hydrogens (tertiary/aromatic N) is 4. The van der Waals surface area contributed by atoms with Crippen LogP contribution in [0.25, 0.3) is 0 Å². The maximum atomic E-state index is 14.4. The summed E-state index contributed by atoms with van der Waals surface area (Å²) in [7, 11) is 5.24. The summed E-state index contributed by atoms with van der Waals surface area (Å²) in [6.07, 6.45) is 1.89. The number of hydrogen-bond donors (Lipinski definition) is 6. The second-order valence-electron chi connectivity index (χ2n) is 21.5. The van der Waals surface area contributed by atoms with Gasteiger partial charge in [-0.3, -0.25) is 48.2 Å². The van der Waals surface area contributed by atoms with E-state index in [4.69, 9.17) is 14.2 Å². The van der Waals surface area contributed by atoms with Gasteiger partial charge in [-0.15, -0.1) is 11.3 Å². The molecule has 1 unspecified atom stereocenters. The number of phenolic OH excluding ortho intramolecular Hbond substituents is 1. The van der Waals surface area contributed by atoms with Gasteiger partial charge in [-0.1, -0.05) is 47.1 Å². The second kappa shape index (κ2) is 29.9. The molecular formula is C54H83N9O13S. The maximum absolute atomic E-state index is 14.4. The molecule has 0 aliphatic carbocycles. The normalized spacial score (nSPS) is 15.0. The molecule has 22 nitrogen and oxygen atoms in total. The monoisotopic (exact) mass is 1100 g/mol. The summed E-state index contributed by atoms with van der Waals surface area (Å²) in [5.41, 5.74) is -0.884. The molecule has 1 aliphatic heterocycles. The Bertz CT molecular complexity index is 2400. The van der Waals surface area contributed by atoms with Crippen LogP contribution in [0.5, 0.6) is 5.75 Å². The number of hydrogen-bond acceptors (Lipinski definition) is 16. The van der Waals surface area contributed by atoms with Crippen molar-refractivity contribution in [1.82, 2.24) is 41.0 Å². The number of esters is 1. The topological polar surface area (TPSA) is 284 Å². The molecule has 0 fully saturated rings. The minimum Gasteiger partial charge on any atom is -0.506 e. The molecule has 23 heteroatoms. The fourth-order valence-electron chi connectivity index (χ4n) is 8.03. The number of benzene rings is 1. The van der Waals surface area contributed by atoms with Crippen LogP contribution in [0.15, 0.2) is 35.7 Å². The molecular weight excluding hydrogens is 1010 g/mol. The first-order valence-corrected chi connectivity index (χ1v) is 27.0. The number of alkyl carbamates (subject to hydrolysis) is 1. The molecule has 2 aromatic rings. The fraction of sp³-hybridized carbons (Fsp3) is 0.630. The van der Waals surface area contributed by atoms with Gasteiger partial charge in [-0.05, 0) is 97.5 Å². The molecule has 8 amide bonds. The van der Waals surface area contributed by atoms with E-state index in [1.165, 1.54) is 18.4 Å². The largest absolute Gasteiger partial charge is 0.506 e. The van der Waals surface area contributed by atoms with Crippen molar-refractivity contribution in [1.29, 1.82) is 0 Å². The number of aromatic nitrogens is 1. The molecule has 0 saturated carbocycles. The number of thiazole rings is 1. The Balaban J connectivity index is 1.84. The molecule has 1 aromatic carbocycles. The third kappa shape index (κ3) is 20.8. The molecule has 0 bridgehead atoms. The van der Waals surface area contributed by atoms with Crippen molar-refractivity contribution in [2.45, 2.75) is 150 Å². The minimum atomic E-state index is -0.969. The molecule has 3 rings (SSSR count). The van der Waals surface area contributed by atoms with Crippen LogP contribution in [0.1, 0.15) is 135 Å². The number of phenols is 1. The molecule has 6 atom stereocenters. The first-order valence-electron chi connectivity index (χ1n) is 26.1. The molecule has 0 spiro atoms. The van der Waals surface area contributed by atoms with Gasteiger partial charge in [-0.25, -0.2) is 9.78 Å². The molecule has 0 saturated heterocycles. The van der Waals surface area contributed by atoms with E-state index < -0.39 is 77.0 Å². The number of imide groups is 1. The lowest BCUT2D eigenvalue weighted by atomic mass is 9.92. The van der Waals surface area contributed by atoms with Crippen molar-refractivity contribution in [2.24, 2.45) is 17.8 Å². The van der Waals surface area contributed by atoms with E-state index in [-0.39, 0.29) is 112 Å². The second-order valence-corrected chi connectivity index (χ2v) is 22.4. The zero-order chi connectivity index (χ0) is 57.9. The van der Waals surface area contributed by atoms with Crippen molar-refractivity contribution in [3.63, 3.8) is 0 Å². The average Bonchev–Trinajstić information content (AvgIpc) is 3.97. The van der Waals surface area contributed by atoms with Gasteiger partial charge in [0.25, 0.3) is 17.7 Å². The number of carbonyl (C=O) groups is 9. The Morgan fingerprint density at radius 2 is 1.52 bits per heavy atom. The molecule has 0 radical (unpaired) electrons. The van der Waals surface area contributed by atoms with Crippen molar-refractivity contribution in [2.75, 3.05) is 59.3 Å². The number of aromatic hydroxyl groups is 1. The summed E-state index contributed by atoms with van der Waals surface area (Å²) in [5, 5.41) is 26.7. The molecule has 6 N–H and O–H groups in total. The van der Waals surface area contributed by atoms with Crippen LogP contribution in [-0.4, -0.2) is 161 Å². The molecule has 2 heterocycles. The van der Waals surface area contributed by atoms with Gasteiger partial charge in [0.1, 0.15) is 28.1 Å². The first-order chi connectivity index (χ1) is 35.9. The number of carbonyl (C=O) groups excluding carboxylic acids is 9. The summed E-state index contributed by atoms with van der Waals surface area (Å²) in [4.78, 5) is 126. The lowest BCUT2D eigenvalue weighted by molar-refractivity contribution is -0.149. The van der Waals surface area contributed by atoms with E-state index in [9.17, 15) is 48.3 Å². The van der Waals surface area contributed by atoms with Crippen LogP contribution >= 0.6 is 11.3 Å². The summed E-state index contributed by atoms with van der Waals surface area (Å²) >= 11 is 1.10. The molecule has 1 aromatic heterocycles. The summed E-state index contributed by atoms with van der Waals surface area (Å²) < 4.78 is 16.6. The van der Waals surface area contributed by atoms with Crippen LogP contribution in [-0.2, 0) is 54.2 Å². The third-order valence-corrected chi connectivity index (χ3v) is 14.2. The van der Waals surface area contributed by atoms with Crippen molar-refractivity contribution < 1.29 is 62.5 Å². The van der Waals surface area contributed by atoms with Crippen LogP contribution in [0, 0.1) is 17.8 Å². The van der Waals surface area contributed by atoms with E-state index in [1.807, 2.05) is 27.7 Å². The van der Waals surface area contributed by atoms with Crippen LogP contribution < -0.4 is 26.6 Å². The van der Waals surface area contributed by atoms with E-state index in [2.05, 4.69) is 31.6 Å². The Labute approximate surface area is 457 Å². The van der Waals surface area contributed by atoms with Gasteiger partial charge in [-0.2, -0.15) is 0 Å². The molecule has 1 aliphatic rings.